The van der Waals surface area contributed by atoms with Crippen molar-refractivity contribution in [2.75, 3.05) is 45.1 Å². The van der Waals surface area contributed by atoms with Crippen LogP contribution in [0.2, 0.25) is 0 Å². The Kier molecular flexibility index (Phi) is 8.19. The van der Waals surface area contributed by atoms with E-state index in [2.05, 4.69) is 43.3 Å². The van der Waals surface area contributed by atoms with Crippen molar-refractivity contribution in [3.63, 3.8) is 0 Å². The van der Waals surface area contributed by atoms with Gasteiger partial charge < -0.3 is 20.2 Å². The minimum absolute atomic E-state index is 0.0374. The van der Waals surface area contributed by atoms with Crippen molar-refractivity contribution in [2.24, 2.45) is 0 Å². The summed E-state index contributed by atoms with van der Waals surface area (Å²) in [6.45, 7) is 5.35. The fourth-order valence-electron chi connectivity index (χ4n) is 3.32. The Morgan fingerprint density at radius 1 is 1.17 bits per heavy atom. The molecular weight excluding hydrogens is 471 g/mol. The molecule has 0 unspecified atom stereocenters. The number of amides is 1. The third-order valence-electron chi connectivity index (χ3n) is 5.29. The van der Waals surface area contributed by atoms with Gasteiger partial charge in [0.1, 0.15) is 11.9 Å². The van der Waals surface area contributed by atoms with E-state index in [1.165, 1.54) is 12.5 Å². The second-order valence-corrected chi connectivity index (χ2v) is 7.85. The van der Waals surface area contributed by atoms with Gasteiger partial charge in [-0.05, 0) is 31.2 Å². The zero-order valence-corrected chi connectivity index (χ0v) is 18.7. The summed E-state index contributed by atoms with van der Waals surface area (Å²) in [5, 5.41) is 12.6. The Balaban J connectivity index is 0.000000429. The van der Waals surface area contributed by atoms with Gasteiger partial charge in [0.05, 0.1) is 0 Å². The Bertz CT molecular complexity index is 1230. The van der Waals surface area contributed by atoms with E-state index in [4.69, 9.17) is 9.90 Å². The number of nitrogens with zero attached hydrogens (tertiary/aromatic N) is 5. The summed E-state index contributed by atoms with van der Waals surface area (Å²) in [5.41, 5.74) is 1.29. The lowest BCUT2D eigenvalue weighted by Crippen LogP contribution is -2.45. The maximum atomic E-state index is 12.5. The molecule has 1 saturated heterocycles. The van der Waals surface area contributed by atoms with Crippen molar-refractivity contribution < 1.29 is 27.9 Å². The normalized spacial score (nSPS) is 14.9. The van der Waals surface area contributed by atoms with Gasteiger partial charge >= 0.3 is 12.1 Å². The van der Waals surface area contributed by atoms with E-state index in [1.807, 2.05) is 18.2 Å². The van der Waals surface area contributed by atoms with Crippen LogP contribution in [0.15, 0.2) is 41.6 Å². The Hall–Kier alpha value is -3.78. The van der Waals surface area contributed by atoms with Crippen molar-refractivity contribution >= 4 is 23.3 Å². The number of anilines is 1. The molecule has 3 heterocycles. The smallest absolute Gasteiger partial charge is 0.475 e. The average molecular weight is 495 g/mol. The first-order chi connectivity index (χ1) is 16.5. The quantitative estimate of drug-likeness (QED) is 0.479. The van der Waals surface area contributed by atoms with Crippen LogP contribution in [0.1, 0.15) is 15.9 Å². The van der Waals surface area contributed by atoms with Crippen LogP contribution in [0.3, 0.4) is 0 Å². The number of fused-ring (bicyclic) bond motifs is 1. The number of likely N-dealkylation sites (N-methyl/N-ethyl adjacent to an activating group) is 1. The van der Waals surface area contributed by atoms with Crippen molar-refractivity contribution in [1.82, 2.24) is 29.4 Å². The summed E-state index contributed by atoms with van der Waals surface area (Å²) < 4.78 is 32.9. The van der Waals surface area contributed by atoms with Crippen LogP contribution in [0.5, 0.6) is 0 Å². The monoisotopic (exact) mass is 495 g/mol. The summed E-state index contributed by atoms with van der Waals surface area (Å²) >= 11 is 0. The molecule has 35 heavy (non-hydrogen) atoms. The molecule has 1 aliphatic heterocycles. The van der Waals surface area contributed by atoms with Crippen molar-refractivity contribution in [2.45, 2.75) is 12.6 Å². The van der Waals surface area contributed by atoms with Crippen LogP contribution in [-0.4, -0.2) is 92.3 Å². The molecule has 0 saturated carbocycles. The van der Waals surface area contributed by atoms with Gasteiger partial charge in [0.25, 0.3) is 17.2 Å². The van der Waals surface area contributed by atoms with E-state index in [9.17, 15) is 22.8 Å². The molecule has 0 bridgehead atoms. The molecule has 0 atom stereocenters. The van der Waals surface area contributed by atoms with Crippen LogP contribution in [0.4, 0.5) is 18.9 Å². The maximum absolute atomic E-state index is 12.5. The summed E-state index contributed by atoms with van der Waals surface area (Å²) in [7, 11) is 2.15. The number of carboxylic acid groups (broad SMARTS) is 1. The summed E-state index contributed by atoms with van der Waals surface area (Å²) in [6.07, 6.45) is -1.56. The molecule has 188 valence electrons. The van der Waals surface area contributed by atoms with Gasteiger partial charge in [-0.15, -0.1) is 0 Å². The highest BCUT2D eigenvalue weighted by molar-refractivity contribution is 6.03. The molecule has 0 spiro atoms. The van der Waals surface area contributed by atoms with E-state index in [0.717, 1.165) is 49.2 Å². The lowest BCUT2D eigenvalue weighted by atomic mass is 10.1. The number of aromatic nitrogens is 4. The minimum Gasteiger partial charge on any atom is -0.475 e. The van der Waals surface area contributed by atoms with Crippen LogP contribution < -0.4 is 10.9 Å². The molecule has 11 nitrogen and oxygen atoms in total. The third kappa shape index (κ3) is 7.10. The number of rotatable bonds is 5. The van der Waals surface area contributed by atoms with Crippen LogP contribution >= 0.6 is 0 Å². The number of hydrogen-bond donors (Lipinski definition) is 3. The molecule has 2 aromatic heterocycles. The molecule has 0 aliphatic carbocycles. The maximum Gasteiger partial charge on any atom is 0.490 e. The molecular formula is C21H24F3N7O4. The lowest BCUT2D eigenvalue weighted by Gasteiger charge is -2.32. The van der Waals surface area contributed by atoms with Gasteiger partial charge in [0, 0.05) is 44.6 Å². The fourth-order valence-corrected chi connectivity index (χ4v) is 3.32. The number of hydrogen-bond acceptors (Lipinski definition) is 7. The van der Waals surface area contributed by atoms with Crippen LogP contribution in [-0.2, 0) is 11.2 Å². The first-order valence-electron chi connectivity index (χ1n) is 10.6. The standard InChI is InChI=1S/C19H23N7O2.C2HF3O2/c1-24-7-9-25(10-8-24)6-5-14-3-2-4-15(11-14)23-17(27)16-12-20-19-21-13-22-26(19)18(16)28;3-2(4,5)1(6)7/h2-4,11-13H,5-10H2,1H3,(H,23,27)(H,20,21,22);(H,6,7). The highest BCUT2D eigenvalue weighted by Gasteiger charge is 2.38. The van der Waals surface area contributed by atoms with E-state index in [0.29, 0.717) is 5.69 Å². The second-order valence-electron chi connectivity index (χ2n) is 7.85. The molecule has 3 aromatic rings. The zero-order chi connectivity index (χ0) is 25.6. The van der Waals surface area contributed by atoms with Gasteiger partial charge in [0.2, 0.25) is 0 Å². The average Bonchev–Trinajstić information content (AvgIpc) is 3.29. The first-order valence-corrected chi connectivity index (χ1v) is 10.6. The molecule has 4 rings (SSSR count). The second kappa shape index (κ2) is 11.1. The van der Waals surface area contributed by atoms with E-state index < -0.39 is 23.6 Å². The molecule has 0 radical (unpaired) electrons. The highest BCUT2D eigenvalue weighted by Crippen LogP contribution is 2.14. The number of carbonyl (C=O) groups excluding carboxylic acids is 1. The summed E-state index contributed by atoms with van der Waals surface area (Å²) in [6, 6.07) is 7.74. The van der Waals surface area contributed by atoms with E-state index in [1.54, 1.807) is 0 Å². The topological polar surface area (TPSA) is 136 Å². The van der Waals surface area contributed by atoms with Gasteiger partial charge in [0.15, 0.2) is 0 Å². The Labute approximate surface area is 197 Å². The van der Waals surface area contributed by atoms with Gasteiger partial charge in [-0.3, -0.25) is 14.7 Å². The van der Waals surface area contributed by atoms with Crippen molar-refractivity contribution in [1.29, 1.82) is 0 Å². The fraction of sp³-hybridized carbons (Fsp3) is 0.381. The number of aliphatic carboxylic acids is 1. The number of aromatic amines is 1. The van der Waals surface area contributed by atoms with Gasteiger partial charge in [-0.2, -0.15) is 17.7 Å². The Morgan fingerprint density at radius 2 is 1.86 bits per heavy atom. The number of halogens is 3. The number of H-pyrrole nitrogens is 1. The highest BCUT2D eigenvalue weighted by atomic mass is 19.4. The predicted octanol–water partition coefficient (Wildman–Crippen LogP) is 1.09. The Morgan fingerprint density at radius 3 is 2.51 bits per heavy atom. The molecule has 1 aliphatic rings. The zero-order valence-electron chi connectivity index (χ0n) is 18.7. The lowest BCUT2D eigenvalue weighted by molar-refractivity contribution is -0.192. The molecule has 3 N–H and O–H groups in total. The summed E-state index contributed by atoms with van der Waals surface area (Å²) in [5.74, 6) is -3.02. The number of piperazine rings is 1. The molecule has 1 amide bonds. The molecule has 14 heteroatoms. The number of nitrogens with one attached hydrogen (secondary N) is 2. The van der Waals surface area contributed by atoms with Crippen LogP contribution in [0, 0.1) is 0 Å². The number of carboxylic acids is 1. The molecule has 1 aromatic carbocycles. The van der Waals surface area contributed by atoms with E-state index in [-0.39, 0.29) is 11.3 Å². The van der Waals surface area contributed by atoms with E-state index >= 15 is 0 Å². The van der Waals surface area contributed by atoms with Crippen molar-refractivity contribution in [3.05, 3.63) is 58.3 Å². The van der Waals surface area contributed by atoms with Crippen molar-refractivity contribution in [3.8, 4) is 0 Å². The minimum atomic E-state index is -5.08. The summed E-state index contributed by atoms with van der Waals surface area (Å²) in [4.78, 5) is 46.5. The van der Waals surface area contributed by atoms with Crippen LogP contribution in [0.25, 0.3) is 5.78 Å². The SMILES string of the molecule is CN1CCN(CCc2cccc(NC(=O)c3cnc4nc[nH]n4c3=O)c2)CC1.O=C(O)C(F)(F)F. The predicted molar refractivity (Wildman–Crippen MR) is 119 cm³/mol. The van der Waals surface area contributed by atoms with Gasteiger partial charge in [-0.25, -0.2) is 14.8 Å². The first kappa shape index (κ1) is 25.8. The number of carbonyl (C=O) groups is 2. The molecule has 1 fully saturated rings. The third-order valence-corrected chi connectivity index (χ3v) is 5.29. The number of alkyl halides is 3. The number of benzene rings is 1. The van der Waals surface area contributed by atoms with Gasteiger partial charge in [-0.1, -0.05) is 12.1 Å². The largest absolute Gasteiger partial charge is 0.490 e.